The summed E-state index contributed by atoms with van der Waals surface area (Å²) < 4.78 is 19.4. The smallest absolute Gasteiger partial charge is 0.224 e. The fraction of sp³-hybridized carbons (Fsp3) is 0.350. The average Bonchev–Trinajstić information content (AvgIpc) is 2.67. The van der Waals surface area contributed by atoms with Gasteiger partial charge in [-0.15, -0.1) is 0 Å². The summed E-state index contributed by atoms with van der Waals surface area (Å²) in [6.07, 6.45) is 1.88. The highest BCUT2D eigenvalue weighted by atomic mass is 19.1. The van der Waals surface area contributed by atoms with Crippen LogP contribution in [0.2, 0.25) is 0 Å². The molecule has 2 unspecified atom stereocenters. The summed E-state index contributed by atoms with van der Waals surface area (Å²) in [5.41, 5.74) is 0.941. The molecule has 2 aromatic carbocycles. The molecule has 5 heteroatoms. The Morgan fingerprint density at radius 2 is 1.96 bits per heavy atom. The van der Waals surface area contributed by atoms with Crippen LogP contribution >= 0.6 is 0 Å². The number of hydrogen-bond donors (Lipinski definition) is 2. The highest BCUT2D eigenvalue weighted by Gasteiger charge is 2.24. The molecule has 2 aromatic rings. The molecule has 1 heterocycles. The fourth-order valence-electron chi connectivity index (χ4n) is 3.01. The van der Waals surface area contributed by atoms with Crippen LogP contribution in [0.25, 0.3) is 0 Å². The Labute approximate surface area is 147 Å². The van der Waals surface area contributed by atoms with Crippen molar-refractivity contribution in [1.29, 1.82) is 0 Å². The lowest BCUT2D eigenvalue weighted by atomic mass is 9.97. The van der Waals surface area contributed by atoms with Crippen LogP contribution in [-0.4, -0.2) is 25.6 Å². The number of ether oxygens (including phenoxy) is 1. The molecule has 1 saturated heterocycles. The van der Waals surface area contributed by atoms with E-state index in [-0.39, 0.29) is 30.2 Å². The summed E-state index contributed by atoms with van der Waals surface area (Å²) in [6, 6.07) is 15.6. The number of para-hydroxylation sites is 1. The van der Waals surface area contributed by atoms with Crippen molar-refractivity contribution in [3.63, 3.8) is 0 Å². The number of amides is 1. The van der Waals surface area contributed by atoms with E-state index in [1.54, 1.807) is 18.2 Å². The van der Waals surface area contributed by atoms with E-state index in [9.17, 15) is 9.18 Å². The van der Waals surface area contributed by atoms with Crippen LogP contribution in [0.3, 0.4) is 0 Å². The first-order chi connectivity index (χ1) is 12.2. The number of carbonyl (C=O) groups is 1. The largest absolute Gasteiger partial charge is 0.488 e. The molecule has 0 radical (unpaired) electrons. The number of rotatable bonds is 6. The van der Waals surface area contributed by atoms with Gasteiger partial charge in [0, 0.05) is 6.54 Å². The van der Waals surface area contributed by atoms with Crippen molar-refractivity contribution >= 4 is 5.91 Å². The maximum atomic E-state index is 13.8. The third-order valence-electron chi connectivity index (χ3n) is 4.43. The van der Waals surface area contributed by atoms with Gasteiger partial charge in [0.15, 0.2) is 11.6 Å². The molecule has 0 spiro atoms. The van der Waals surface area contributed by atoms with Crippen LogP contribution in [0.1, 0.15) is 24.4 Å². The molecule has 1 aliphatic rings. The molecule has 2 atom stereocenters. The Hall–Kier alpha value is -2.40. The Morgan fingerprint density at radius 1 is 1.20 bits per heavy atom. The molecular formula is C20H23FN2O2. The molecule has 132 valence electrons. The second-order valence-corrected chi connectivity index (χ2v) is 6.26. The summed E-state index contributed by atoms with van der Waals surface area (Å²) in [6.45, 7) is 1.83. The second-order valence-electron chi connectivity index (χ2n) is 6.26. The molecule has 1 fully saturated rings. The van der Waals surface area contributed by atoms with Crippen molar-refractivity contribution in [2.45, 2.75) is 18.9 Å². The zero-order valence-corrected chi connectivity index (χ0v) is 14.1. The van der Waals surface area contributed by atoms with E-state index < -0.39 is 5.82 Å². The lowest BCUT2D eigenvalue weighted by Crippen LogP contribution is -2.43. The predicted molar refractivity (Wildman–Crippen MR) is 94.8 cm³/mol. The van der Waals surface area contributed by atoms with Gasteiger partial charge in [0.1, 0.15) is 6.61 Å². The Balaban J connectivity index is 1.69. The highest BCUT2D eigenvalue weighted by Crippen LogP contribution is 2.20. The van der Waals surface area contributed by atoms with Gasteiger partial charge in [-0.25, -0.2) is 4.39 Å². The molecule has 1 aliphatic heterocycles. The summed E-state index contributed by atoms with van der Waals surface area (Å²) in [5.74, 6) is -0.235. The molecule has 25 heavy (non-hydrogen) atoms. The summed E-state index contributed by atoms with van der Waals surface area (Å²) >= 11 is 0. The standard InChI is InChI=1S/C20H23FN2O2/c21-17-10-4-5-11-19(17)25-14-18(15-7-2-1-3-8-15)23-20(24)16-9-6-12-22-13-16/h1-5,7-8,10-11,16,18,22H,6,9,12-14H2,(H,23,24). The number of nitrogens with one attached hydrogen (secondary N) is 2. The summed E-state index contributed by atoms with van der Waals surface area (Å²) in [7, 11) is 0. The Kier molecular flexibility index (Phi) is 6.01. The van der Waals surface area contributed by atoms with Crippen molar-refractivity contribution in [3.05, 3.63) is 66.0 Å². The molecule has 0 bridgehead atoms. The zero-order chi connectivity index (χ0) is 17.5. The lowest BCUT2D eigenvalue weighted by Gasteiger charge is -2.26. The third kappa shape index (κ3) is 4.79. The van der Waals surface area contributed by atoms with Crippen LogP contribution in [0.4, 0.5) is 4.39 Å². The van der Waals surface area contributed by atoms with E-state index in [4.69, 9.17) is 4.74 Å². The van der Waals surface area contributed by atoms with E-state index in [1.807, 2.05) is 30.3 Å². The highest BCUT2D eigenvalue weighted by molar-refractivity contribution is 5.79. The number of halogens is 1. The lowest BCUT2D eigenvalue weighted by molar-refractivity contribution is -0.126. The normalized spacial score (nSPS) is 18.4. The van der Waals surface area contributed by atoms with E-state index in [1.165, 1.54) is 6.07 Å². The topological polar surface area (TPSA) is 50.4 Å². The molecule has 2 N–H and O–H groups in total. The quantitative estimate of drug-likeness (QED) is 0.848. The van der Waals surface area contributed by atoms with Gasteiger partial charge in [0.05, 0.1) is 12.0 Å². The number of hydrogen-bond acceptors (Lipinski definition) is 3. The van der Waals surface area contributed by atoms with Crippen LogP contribution in [0, 0.1) is 11.7 Å². The maximum absolute atomic E-state index is 13.8. The Bertz CT molecular complexity index is 687. The predicted octanol–water partition coefficient (Wildman–Crippen LogP) is 3.06. The molecule has 0 aliphatic carbocycles. The van der Waals surface area contributed by atoms with Crippen molar-refractivity contribution < 1.29 is 13.9 Å². The van der Waals surface area contributed by atoms with Crippen molar-refractivity contribution in [2.24, 2.45) is 5.92 Å². The second kappa shape index (κ2) is 8.62. The van der Waals surface area contributed by atoms with Crippen LogP contribution in [-0.2, 0) is 4.79 Å². The minimum Gasteiger partial charge on any atom is -0.488 e. The van der Waals surface area contributed by atoms with Crippen LogP contribution < -0.4 is 15.4 Å². The van der Waals surface area contributed by atoms with Crippen molar-refractivity contribution in [1.82, 2.24) is 10.6 Å². The first kappa shape index (κ1) is 17.4. The van der Waals surface area contributed by atoms with Crippen molar-refractivity contribution in [3.8, 4) is 5.75 Å². The summed E-state index contributed by atoms with van der Waals surface area (Å²) in [5, 5.41) is 6.32. The van der Waals surface area contributed by atoms with Gasteiger partial charge < -0.3 is 15.4 Å². The fourth-order valence-corrected chi connectivity index (χ4v) is 3.01. The van der Waals surface area contributed by atoms with Crippen LogP contribution in [0.15, 0.2) is 54.6 Å². The van der Waals surface area contributed by atoms with E-state index in [0.29, 0.717) is 6.54 Å². The van der Waals surface area contributed by atoms with Gasteiger partial charge >= 0.3 is 0 Å². The molecule has 3 rings (SSSR count). The molecular weight excluding hydrogens is 319 g/mol. The third-order valence-corrected chi connectivity index (χ3v) is 4.43. The van der Waals surface area contributed by atoms with Gasteiger partial charge in [-0.2, -0.15) is 0 Å². The molecule has 0 aromatic heterocycles. The van der Waals surface area contributed by atoms with E-state index in [0.717, 1.165) is 24.9 Å². The molecule has 0 saturated carbocycles. The molecule has 1 amide bonds. The first-order valence-corrected chi connectivity index (χ1v) is 8.67. The zero-order valence-electron chi connectivity index (χ0n) is 14.1. The van der Waals surface area contributed by atoms with Crippen molar-refractivity contribution in [2.75, 3.05) is 19.7 Å². The maximum Gasteiger partial charge on any atom is 0.224 e. The van der Waals surface area contributed by atoms with Gasteiger partial charge in [0.2, 0.25) is 5.91 Å². The monoisotopic (exact) mass is 342 g/mol. The number of carbonyl (C=O) groups excluding carboxylic acids is 1. The van der Waals surface area contributed by atoms with E-state index in [2.05, 4.69) is 10.6 Å². The SMILES string of the molecule is O=C(NC(COc1ccccc1F)c1ccccc1)C1CCCNC1. The van der Waals surface area contributed by atoms with Gasteiger partial charge in [-0.05, 0) is 37.1 Å². The van der Waals surface area contributed by atoms with Gasteiger partial charge in [-0.3, -0.25) is 4.79 Å². The minimum atomic E-state index is -0.405. The number of piperidine rings is 1. The Morgan fingerprint density at radius 3 is 2.68 bits per heavy atom. The van der Waals surface area contributed by atoms with E-state index >= 15 is 0 Å². The van der Waals surface area contributed by atoms with Gasteiger partial charge in [-0.1, -0.05) is 42.5 Å². The van der Waals surface area contributed by atoms with Gasteiger partial charge in [0.25, 0.3) is 0 Å². The summed E-state index contributed by atoms with van der Waals surface area (Å²) in [4.78, 5) is 12.6. The minimum absolute atomic E-state index is 0.0122. The first-order valence-electron chi connectivity index (χ1n) is 8.67. The average molecular weight is 342 g/mol. The molecule has 4 nitrogen and oxygen atoms in total. The van der Waals surface area contributed by atoms with Crippen LogP contribution in [0.5, 0.6) is 5.75 Å². The number of benzene rings is 2.